The summed E-state index contributed by atoms with van der Waals surface area (Å²) in [6.07, 6.45) is 2.05. The first-order valence-corrected chi connectivity index (χ1v) is 8.86. The number of benzene rings is 2. The molecule has 2 aromatic rings. The van der Waals surface area contributed by atoms with Crippen LogP contribution in [0.1, 0.15) is 16.7 Å². The van der Waals surface area contributed by atoms with Gasteiger partial charge in [-0.2, -0.15) is 0 Å². The van der Waals surface area contributed by atoms with Crippen LogP contribution in [0.2, 0.25) is 0 Å². The molecule has 7 heteroatoms. The van der Waals surface area contributed by atoms with Crippen molar-refractivity contribution in [3.05, 3.63) is 70.3 Å². The van der Waals surface area contributed by atoms with Gasteiger partial charge in [0.25, 0.3) is 0 Å². The van der Waals surface area contributed by atoms with Gasteiger partial charge in [0, 0.05) is 36.8 Å². The second-order valence-electron chi connectivity index (χ2n) is 6.95. The quantitative estimate of drug-likeness (QED) is 0.776. The molecule has 150 valence electrons. The molecular weight excluding hydrogens is 400 g/mol. The van der Waals surface area contributed by atoms with E-state index in [4.69, 9.17) is 9.84 Å². The van der Waals surface area contributed by atoms with Gasteiger partial charge in [0.2, 0.25) is 0 Å². The number of likely N-dealkylation sites (tertiary alicyclic amines) is 1. The molecule has 0 spiro atoms. The first-order valence-electron chi connectivity index (χ1n) is 8.86. The van der Waals surface area contributed by atoms with Gasteiger partial charge in [0.15, 0.2) is 0 Å². The minimum absolute atomic E-state index is 0. The van der Waals surface area contributed by atoms with E-state index in [9.17, 15) is 13.6 Å². The normalized spacial score (nSPS) is 15.6. The third-order valence-electron chi connectivity index (χ3n) is 4.79. The van der Waals surface area contributed by atoms with E-state index in [0.717, 1.165) is 17.2 Å². The molecule has 2 aliphatic heterocycles. The Morgan fingerprint density at radius 3 is 2.69 bits per heavy atom. The lowest BCUT2D eigenvalue weighted by Gasteiger charge is -2.37. The highest BCUT2D eigenvalue weighted by atomic mass is 35.5. The van der Waals surface area contributed by atoms with Crippen LogP contribution in [0.15, 0.2) is 42.0 Å². The second-order valence-corrected chi connectivity index (χ2v) is 6.95. The van der Waals surface area contributed by atoms with Crippen molar-refractivity contribution in [1.29, 1.82) is 0 Å². The predicted molar refractivity (Wildman–Crippen MR) is 107 cm³/mol. The summed E-state index contributed by atoms with van der Waals surface area (Å²) in [5.74, 6) is 3.93. The Labute approximate surface area is 173 Å². The Hall–Kier alpha value is -2.88. The number of hydrogen-bond acceptors (Lipinski definition) is 3. The molecule has 0 amide bonds. The molecule has 1 N–H and O–H groups in total. The van der Waals surface area contributed by atoms with Crippen LogP contribution >= 0.6 is 12.4 Å². The molecule has 0 atom stereocenters. The van der Waals surface area contributed by atoms with Gasteiger partial charge in [0.05, 0.1) is 11.5 Å². The van der Waals surface area contributed by atoms with Gasteiger partial charge >= 0.3 is 5.97 Å². The summed E-state index contributed by atoms with van der Waals surface area (Å²) in [6, 6.07) is 8.79. The van der Waals surface area contributed by atoms with Gasteiger partial charge in [-0.25, -0.2) is 8.78 Å². The zero-order valence-electron chi connectivity index (χ0n) is 15.3. The molecule has 0 bridgehead atoms. The monoisotopic (exact) mass is 417 g/mol. The highest BCUT2D eigenvalue weighted by Gasteiger charge is 2.32. The maximum absolute atomic E-state index is 13.7. The lowest BCUT2D eigenvalue weighted by Crippen LogP contribution is -2.51. The van der Waals surface area contributed by atoms with Crippen LogP contribution in [0, 0.1) is 29.4 Å². The first kappa shape index (κ1) is 20.8. The highest BCUT2D eigenvalue weighted by molar-refractivity contribution is 5.85. The number of nitrogens with zero attached hydrogens (tertiary/aromatic N) is 1. The Kier molecular flexibility index (Phi) is 6.21. The minimum atomic E-state index is -0.746. The number of halogens is 3. The minimum Gasteiger partial charge on any atom is -0.489 e. The number of carboxylic acids is 1. The Balaban J connectivity index is 0.00000240. The maximum atomic E-state index is 13.7. The Morgan fingerprint density at radius 2 is 1.97 bits per heavy atom. The third kappa shape index (κ3) is 4.76. The van der Waals surface area contributed by atoms with Gasteiger partial charge in [-0.3, -0.25) is 9.69 Å². The third-order valence-corrected chi connectivity index (χ3v) is 4.79. The fourth-order valence-electron chi connectivity index (χ4n) is 3.25. The van der Waals surface area contributed by atoms with Gasteiger partial charge < -0.3 is 9.84 Å². The largest absolute Gasteiger partial charge is 0.489 e. The first-order chi connectivity index (χ1) is 13.5. The molecule has 0 aromatic heterocycles. The van der Waals surface area contributed by atoms with Crippen molar-refractivity contribution in [2.24, 2.45) is 5.92 Å². The number of carbonyl (C=O) groups is 1. The molecule has 0 saturated carbocycles. The van der Waals surface area contributed by atoms with Crippen molar-refractivity contribution in [1.82, 2.24) is 4.90 Å². The van der Waals surface area contributed by atoms with E-state index < -0.39 is 17.6 Å². The van der Waals surface area contributed by atoms with Crippen LogP contribution in [0.4, 0.5) is 8.78 Å². The second kappa shape index (κ2) is 8.64. The lowest BCUT2D eigenvalue weighted by molar-refractivity contribution is -0.147. The van der Waals surface area contributed by atoms with Crippen LogP contribution in [0.3, 0.4) is 0 Å². The van der Waals surface area contributed by atoms with Gasteiger partial charge in [0.1, 0.15) is 24.0 Å². The molecule has 0 unspecified atom stereocenters. The van der Waals surface area contributed by atoms with Crippen molar-refractivity contribution < 1.29 is 23.4 Å². The van der Waals surface area contributed by atoms with Crippen molar-refractivity contribution in [3.63, 3.8) is 0 Å². The van der Waals surface area contributed by atoms with E-state index in [-0.39, 0.29) is 23.9 Å². The Morgan fingerprint density at radius 1 is 1.17 bits per heavy atom. The SMILES string of the molecule is Cl.O=C(O)C1CN(CC2=Cc3ccc(C#Cc4ccc(F)cc4F)cc3OC2)C1. The molecule has 1 fully saturated rings. The molecule has 1 saturated heterocycles. The van der Waals surface area contributed by atoms with E-state index in [2.05, 4.69) is 16.7 Å². The van der Waals surface area contributed by atoms with Gasteiger partial charge in [-0.1, -0.05) is 17.9 Å². The molecule has 0 aliphatic carbocycles. The summed E-state index contributed by atoms with van der Waals surface area (Å²) in [7, 11) is 0. The molecule has 2 aliphatic rings. The summed E-state index contributed by atoms with van der Waals surface area (Å²) in [5, 5.41) is 8.94. The Bertz CT molecular complexity index is 1040. The fraction of sp³-hybridized carbons (Fsp3) is 0.227. The number of rotatable bonds is 3. The van der Waals surface area contributed by atoms with E-state index >= 15 is 0 Å². The topological polar surface area (TPSA) is 49.8 Å². The van der Waals surface area contributed by atoms with E-state index in [1.807, 2.05) is 18.2 Å². The van der Waals surface area contributed by atoms with Crippen LogP contribution in [0.5, 0.6) is 5.75 Å². The predicted octanol–water partition coefficient (Wildman–Crippen LogP) is 3.58. The van der Waals surface area contributed by atoms with E-state index in [1.165, 1.54) is 12.1 Å². The van der Waals surface area contributed by atoms with Crippen molar-refractivity contribution >= 4 is 24.5 Å². The van der Waals surface area contributed by atoms with Crippen LogP contribution in [-0.4, -0.2) is 42.2 Å². The van der Waals surface area contributed by atoms with Gasteiger partial charge in [-0.15, -0.1) is 12.4 Å². The summed E-state index contributed by atoms with van der Waals surface area (Å²) < 4.78 is 32.4. The molecule has 2 heterocycles. The van der Waals surface area contributed by atoms with Crippen molar-refractivity contribution in [2.75, 3.05) is 26.2 Å². The maximum Gasteiger partial charge on any atom is 0.309 e. The number of carboxylic acid groups (broad SMARTS) is 1. The highest BCUT2D eigenvalue weighted by Crippen LogP contribution is 2.28. The summed E-state index contributed by atoms with van der Waals surface area (Å²) in [4.78, 5) is 13.0. The fourth-order valence-corrected chi connectivity index (χ4v) is 3.25. The smallest absolute Gasteiger partial charge is 0.309 e. The standard InChI is InChI=1S/C22H17F2NO3.ClH/c23-19-6-5-16(20(24)9-19)3-1-14-2-4-17-7-15(13-28-21(17)8-14)10-25-11-18(12-25)22(26)27;/h2,4-9,18H,10-13H2,(H,26,27);1H. The van der Waals surface area contributed by atoms with Crippen LogP contribution in [0.25, 0.3) is 6.08 Å². The number of aliphatic carboxylic acids is 1. The molecule has 2 aromatic carbocycles. The molecule has 29 heavy (non-hydrogen) atoms. The van der Waals surface area contributed by atoms with E-state index in [0.29, 0.717) is 37.6 Å². The van der Waals surface area contributed by atoms with Crippen molar-refractivity contribution in [3.8, 4) is 17.6 Å². The van der Waals surface area contributed by atoms with Crippen LogP contribution < -0.4 is 4.74 Å². The molecular formula is C22H18ClF2NO3. The number of fused-ring (bicyclic) bond motifs is 1. The zero-order chi connectivity index (χ0) is 19.7. The zero-order valence-corrected chi connectivity index (χ0v) is 16.1. The van der Waals surface area contributed by atoms with Gasteiger partial charge in [-0.05, 0) is 35.9 Å². The number of ether oxygens (including phenoxy) is 1. The van der Waals surface area contributed by atoms with E-state index in [1.54, 1.807) is 6.07 Å². The summed E-state index contributed by atoms with van der Waals surface area (Å²) >= 11 is 0. The average molecular weight is 418 g/mol. The molecule has 0 radical (unpaired) electrons. The lowest BCUT2D eigenvalue weighted by atomic mass is 9.98. The molecule has 4 nitrogen and oxygen atoms in total. The van der Waals surface area contributed by atoms with Crippen LogP contribution in [-0.2, 0) is 4.79 Å². The summed E-state index contributed by atoms with van der Waals surface area (Å²) in [5.41, 5.74) is 2.82. The molecule has 4 rings (SSSR count). The average Bonchev–Trinajstić information content (AvgIpc) is 2.63. The number of hydrogen-bond donors (Lipinski definition) is 1. The summed E-state index contributed by atoms with van der Waals surface area (Å²) in [6.45, 7) is 2.25. The van der Waals surface area contributed by atoms with Crippen molar-refractivity contribution in [2.45, 2.75) is 0 Å².